The fourth-order valence-corrected chi connectivity index (χ4v) is 2.95. The van der Waals surface area contributed by atoms with Gasteiger partial charge in [-0.15, -0.1) is 0 Å². The first-order valence-electron chi connectivity index (χ1n) is 4.16. The van der Waals surface area contributed by atoms with Gasteiger partial charge in [-0.1, -0.05) is 38.8 Å². The first kappa shape index (κ1) is 11.1. The Morgan fingerprint density at radius 3 is 1.77 bits per heavy atom. The van der Waals surface area contributed by atoms with Crippen LogP contribution in [0.1, 0.15) is 23.6 Å². The van der Waals surface area contributed by atoms with E-state index in [2.05, 4.69) is 38.8 Å². The van der Waals surface area contributed by atoms with Crippen LogP contribution in [0.25, 0.3) is 0 Å². The smallest absolute Gasteiger partial charge is 0.123 e. The van der Waals surface area contributed by atoms with Gasteiger partial charge < -0.3 is 5.11 Å². The Labute approximate surface area is 95.4 Å². The van der Waals surface area contributed by atoms with E-state index in [4.69, 9.17) is 0 Å². The molecule has 1 aromatic rings. The molecule has 0 fully saturated rings. The number of halogens is 2. The third-order valence-corrected chi connectivity index (χ3v) is 4.40. The van der Waals surface area contributed by atoms with Crippen LogP contribution in [-0.4, -0.2) is 5.11 Å². The lowest BCUT2D eigenvalue weighted by Crippen LogP contribution is -1.93. The van der Waals surface area contributed by atoms with Crippen LogP contribution >= 0.6 is 31.9 Å². The molecule has 1 N–H and O–H groups in total. The van der Waals surface area contributed by atoms with E-state index in [1.54, 1.807) is 0 Å². The van der Waals surface area contributed by atoms with Gasteiger partial charge in [0.15, 0.2) is 0 Å². The Bertz CT molecular complexity index is 316. The summed E-state index contributed by atoms with van der Waals surface area (Å²) in [5.41, 5.74) is 3.04. The summed E-state index contributed by atoms with van der Waals surface area (Å²) in [6.45, 7) is 5.93. The van der Waals surface area contributed by atoms with Gasteiger partial charge in [-0.05, 0) is 25.8 Å². The van der Waals surface area contributed by atoms with Crippen LogP contribution in [0.15, 0.2) is 8.95 Å². The van der Waals surface area contributed by atoms with E-state index < -0.39 is 0 Å². The summed E-state index contributed by atoms with van der Waals surface area (Å²) < 4.78 is 2.01. The first-order chi connectivity index (χ1) is 6.00. The quantitative estimate of drug-likeness (QED) is 0.828. The minimum atomic E-state index is 0.371. The largest absolute Gasteiger partial charge is 0.507 e. The molecule has 0 unspecified atom stereocenters. The van der Waals surface area contributed by atoms with Crippen molar-refractivity contribution in [2.24, 2.45) is 0 Å². The molecule has 0 radical (unpaired) electrons. The van der Waals surface area contributed by atoms with Crippen molar-refractivity contribution in [1.29, 1.82) is 0 Å². The van der Waals surface area contributed by atoms with Crippen LogP contribution in [0.3, 0.4) is 0 Å². The monoisotopic (exact) mass is 306 g/mol. The lowest BCUT2D eigenvalue weighted by molar-refractivity contribution is 0.465. The predicted molar refractivity (Wildman–Crippen MR) is 62.4 cm³/mol. The average Bonchev–Trinajstić information content (AvgIpc) is 2.13. The number of hydrogen-bond donors (Lipinski definition) is 1. The number of phenolic OH excluding ortho intramolecular Hbond substituents is 1. The fourth-order valence-electron chi connectivity index (χ4n) is 1.35. The normalized spacial score (nSPS) is 10.5. The molecule has 72 valence electrons. The highest BCUT2D eigenvalue weighted by Crippen LogP contribution is 2.38. The average molecular weight is 308 g/mol. The second kappa shape index (κ2) is 4.01. The molecular formula is C10H12Br2O. The summed E-state index contributed by atoms with van der Waals surface area (Å²) in [7, 11) is 0. The minimum Gasteiger partial charge on any atom is -0.507 e. The van der Waals surface area contributed by atoms with Crippen molar-refractivity contribution < 1.29 is 5.11 Å². The van der Waals surface area contributed by atoms with Crippen LogP contribution in [0.5, 0.6) is 5.75 Å². The molecule has 1 rings (SSSR count). The Kier molecular flexibility index (Phi) is 3.41. The van der Waals surface area contributed by atoms with Gasteiger partial charge in [-0.25, -0.2) is 0 Å². The van der Waals surface area contributed by atoms with E-state index >= 15 is 0 Å². The van der Waals surface area contributed by atoms with Gasteiger partial charge in [0.1, 0.15) is 5.75 Å². The maximum absolute atomic E-state index is 9.73. The predicted octanol–water partition coefficient (Wildman–Crippen LogP) is 4.10. The molecule has 0 aliphatic heterocycles. The molecule has 3 heteroatoms. The van der Waals surface area contributed by atoms with E-state index in [9.17, 15) is 5.11 Å². The van der Waals surface area contributed by atoms with Gasteiger partial charge in [0.25, 0.3) is 0 Å². The Morgan fingerprint density at radius 2 is 1.46 bits per heavy atom. The van der Waals surface area contributed by atoms with Crippen molar-refractivity contribution >= 4 is 31.9 Å². The molecule has 0 heterocycles. The Balaban J connectivity index is 3.56. The van der Waals surface area contributed by atoms with Gasteiger partial charge in [-0.3, -0.25) is 0 Å². The van der Waals surface area contributed by atoms with Crippen LogP contribution in [0, 0.1) is 13.8 Å². The van der Waals surface area contributed by atoms with Crippen molar-refractivity contribution in [3.63, 3.8) is 0 Å². The highest BCUT2D eigenvalue weighted by atomic mass is 79.9. The number of rotatable bonds is 1. The fraction of sp³-hybridized carbons (Fsp3) is 0.400. The van der Waals surface area contributed by atoms with Crippen LogP contribution in [-0.2, 0) is 6.42 Å². The Morgan fingerprint density at radius 1 is 1.08 bits per heavy atom. The molecule has 0 amide bonds. The van der Waals surface area contributed by atoms with Crippen LogP contribution in [0.2, 0.25) is 0 Å². The molecule has 0 atom stereocenters. The summed E-state index contributed by atoms with van der Waals surface area (Å²) in [5.74, 6) is 0.371. The molecule has 0 aliphatic rings. The standard InChI is InChI=1S/C10H12Br2O/c1-4-7-8(11)5(2)10(13)6(3)9(7)12/h13H,4H2,1-3H3. The highest BCUT2D eigenvalue weighted by Gasteiger charge is 2.14. The Hall–Kier alpha value is -0.0200. The van der Waals surface area contributed by atoms with E-state index in [1.165, 1.54) is 5.56 Å². The topological polar surface area (TPSA) is 20.2 Å². The molecule has 13 heavy (non-hydrogen) atoms. The molecule has 0 aromatic heterocycles. The summed E-state index contributed by atoms with van der Waals surface area (Å²) in [5, 5.41) is 9.73. The summed E-state index contributed by atoms with van der Waals surface area (Å²) in [4.78, 5) is 0. The zero-order valence-electron chi connectivity index (χ0n) is 7.91. The van der Waals surface area contributed by atoms with Crippen molar-refractivity contribution in [1.82, 2.24) is 0 Å². The molecular weight excluding hydrogens is 296 g/mol. The van der Waals surface area contributed by atoms with E-state index in [-0.39, 0.29) is 0 Å². The number of hydrogen-bond acceptors (Lipinski definition) is 1. The van der Waals surface area contributed by atoms with E-state index in [1.807, 2.05) is 13.8 Å². The lowest BCUT2D eigenvalue weighted by atomic mass is 10.0. The third kappa shape index (κ3) is 1.77. The van der Waals surface area contributed by atoms with Crippen LogP contribution in [0.4, 0.5) is 0 Å². The third-order valence-electron chi connectivity index (χ3n) is 2.25. The van der Waals surface area contributed by atoms with Gasteiger partial charge in [0.2, 0.25) is 0 Å². The maximum atomic E-state index is 9.73. The highest BCUT2D eigenvalue weighted by molar-refractivity contribution is 9.11. The second-order valence-corrected chi connectivity index (χ2v) is 4.64. The lowest BCUT2D eigenvalue weighted by Gasteiger charge is -2.13. The van der Waals surface area contributed by atoms with E-state index in [0.29, 0.717) is 5.75 Å². The molecule has 1 nitrogen and oxygen atoms in total. The molecule has 0 bridgehead atoms. The molecule has 0 spiro atoms. The van der Waals surface area contributed by atoms with Crippen molar-refractivity contribution in [3.8, 4) is 5.75 Å². The van der Waals surface area contributed by atoms with Gasteiger partial charge in [0.05, 0.1) is 0 Å². The molecule has 1 aromatic carbocycles. The number of aromatic hydroxyl groups is 1. The van der Waals surface area contributed by atoms with Crippen molar-refractivity contribution in [2.75, 3.05) is 0 Å². The van der Waals surface area contributed by atoms with Gasteiger partial charge in [0, 0.05) is 20.1 Å². The van der Waals surface area contributed by atoms with E-state index in [0.717, 1.165) is 26.5 Å². The maximum Gasteiger partial charge on any atom is 0.123 e. The zero-order chi connectivity index (χ0) is 10.2. The second-order valence-electron chi connectivity index (χ2n) is 3.06. The first-order valence-corrected chi connectivity index (χ1v) is 5.75. The van der Waals surface area contributed by atoms with Gasteiger partial charge >= 0.3 is 0 Å². The van der Waals surface area contributed by atoms with Crippen LogP contribution < -0.4 is 0 Å². The molecule has 0 saturated carbocycles. The molecule has 0 aliphatic carbocycles. The SMILES string of the molecule is CCc1c(Br)c(C)c(O)c(C)c1Br. The van der Waals surface area contributed by atoms with Crippen molar-refractivity contribution in [2.45, 2.75) is 27.2 Å². The summed E-state index contributed by atoms with van der Waals surface area (Å²) in [6, 6.07) is 0. The number of benzene rings is 1. The zero-order valence-corrected chi connectivity index (χ0v) is 11.1. The molecule has 0 saturated heterocycles. The summed E-state index contributed by atoms with van der Waals surface area (Å²) >= 11 is 6.97. The van der Waals surface area contributed by atoms with Gasteiger partial charge in [-0.2, -0.15) is 0 Å². The minimum absolute atomic E-state index is 0.371. The van der Waals surface area contributed by atoms with Crippen molar-refractivity contribution in [3.05, 3.63) is 25.6 Å². The number of phenols is 1. The summed E-state index contributed by atoms with van der Waals surface area (Å²) in [6.07, 6.45) is 0.948.